The van der Waals surface area contributed by atoms with Crippen LogP contribution >= 0.6 is 0 Å². The second kappa shape index (κ2) is 4.56. The van der Waals surface area contributed by atoms with E-state index < -0.39 is 0 Å². The lowest BCUT2D eigenvalue weighted by molar-refractivity contribution is 0.0959. The van der Waals surface area contributed by atoms with Crippen LogP contribution in [0.25, 0.3) is 0 Å². The lowest BCUT2D eigenvalue weighted by atomic mass is 9.89. The Kier molecular flexibility index (Phi) is 2.68. The zero-order valence-electron chi connectivity index (χ0n) is 11.3. The van der Waals surface area contributed by atoms with Crippen LogP contribution in [0.3, 0.4) is 0 Å². The van der Waals surface area contributed by atoms with Crippen LogP contribution in [0.2, 0.25) is 0 Å². The van der Waals surface area contributed by atoms with Crippen LogP contribution < -0.4 is 4.90 Å². The average Bonchev–Trinajstić information content (AvgIpc) is 2.99. The first-order chi connectivity index (χ1) is 10.3. The predicted molar refractivity (Wildman–Crippen MR) is 75.0 cm³/mol. The van der Waals surface area contributed by atoms with E-state index in [0.717, 1.165) is 0 Å². The molecule has 0 saturated carbocycles. The van der Waals surface area contributed by atoms with E-state index in [1.807, 2.05) is 4.90 Å². The molecule has 2 aromatic rings. The normalized spacial score (nSPS) is 17.6. The van der Waals surface area contributed by atoms with Crippen molar-refractivity contribution in [1.29, 1.82) is 0 Å². The van der Waals surface area contributed by atoms with Crippen LogP contribution in [0.1, 0.15) is 32.0 Å². The first-order valence-corrected chi connectivity index (χ1v) is 6.90. The van der Waals surface area contributed by atoms with E-state index in [-0.39, 0.29) is 17.3 Å². The number of furan rings is 1. The highest BCUT2D eigenvalue weighted by Gasteiger charge is 2.34. The topological polar surface area (TPSA) is 59.8 Å². The Morgan fingerprint density at radius 2 is 1.57 bits per heavy atom. The van der Waals surface area contributed by atoms with Gasteiger partial charge in [-0.25, -0.2) is 0 Å². The van der Waals surface area contributed by atoms with E-state index in [2.05, 4.69) is 0 Å². The summed E-state index contributed by atoms with van der Waals surface area (Å²) in [4.78, 5) is 26.9. The molecule has 0 bridgehead atoms. The van der Waals surface area contributed by atoms with Crippen molar-refractivity contribution in [3.8, 4) is 0 Å². The SMILES string of the molecule is O=C1c2ccccc2C(=O)c2oc(N3CCOCC3)cc21. The first-order valence-electron chi connectivity index (χ1n) is 6.90. The molecule has 1 aliphatic heterocycles. The first kappa shape index (κ1) is 12.3. The smallest absolute Gasteiger partial charge is 0.229 e. The van der Waals surface area contributed by atoms with Crippen molar-refractivity contribution >= 4 is 17.5 Å². The zero-order chi connectivity index (χ0) is 14.4. The van der Waals surface area contributed by atoms with Gasteiger partial charge in [0.2, 0.25) is 5.78 Å². The lowest BCUT2D eigenvalue weighted by Crippen LogP contribution is -2.35. The number of nitrogens with zero attached hydrogens (tertiary/aromatic N) is 1. The highest BCUT2D eigenvalue weighted by atomic mass is 16.5. The van der Waals surface area contributed by atoms with Gasteiger partial charge in [-0.1, -0.05) is 24.3 Å². The second-order valence-electron chi connectivity index (χ2n) is 5.13. The van der Waals surface area contributed by atoms with Crippen molar-refractivity contribution in [1.82, 2.24) is 0 Å². The number of morpholine rings is 1. The number of carbonyl (C=O) groups excluding carboxylic acids is 2. The molecule has 106 valence electrons. The Hall–Kier alpha value is -2.40. The highest BCUT2D eigenvalue weighted by Crippen LogP contribution is 2.33. The summed E-state index contributed by atoms with van der Waals surface area (Å²) in [6.45, 7) is 2.63. The van der Waals surface area contributed by atoms with Gasteiger partial charge in [0.1, 0.15) is 0 Å². The van der Waals surface area contributed by atoms with E-state index in [0.29, 0.717) is 48.9 Å². The second-order valence-corrected chi connectivity index (χ2v) is 5.13. The summed E-state index contributed by atoms with van der Waals surface area (Å²) >= 11 is 0. The van der Waals surface area contributed by atoms with E-state index in [9.17, 15) is 9.59 Å². The molecule has 1 saturated heterocycles. The Morgan fingerprint density at radius 1 is 0.905 bits per heavy atom. The number of ketones is 2. The molecule has 2 heterocycles. The van der Waals surface area contributed by atoms with Crippen molar-refractivity contribution in [3.05, 3.63) is 52.8 Å². The molecule has 0 N–H and O–H groups in total. The van der Waals surface area contributed by atoms with Gasteiger partial charge in [0.05, 0.1) is 18.8 Å². The maximum Gasteiger partial charge on any atom is 0.229 e. The van der Waals surface area contributed by atoms with Crippen LogP contribution in [-0.2, 0) is 4.74 Å². The molecule has 2 aliphatic rings. The molecule has 0 amide bonds. The van der Waals surface area contributed by atoms with Crippen molar-refractivity contribution in [2.45, 2.75) is 0 Å². The van der Waals surface area contributed by atoms with Gasteiger partial charge in [-0.05, 0) is 0 Å². The molecular formula is C16H13NO4. The van der Waals surface area contributed by atoms with Gasteiger partial charge in [-0.15, -0.1) is 0 Å². The summed E-state index contributed by atoms with van der Waals surface area (Å²) < 4.78 is 11.0. The molecule has 1 aliphatic carbocycles. The van der Waals surface area contributed by atoms with Crippen LogP contribution in [0.5, 0.6) is 0 Å². The molecule has 0 unspecified atom stereocenters. The molecule has 1 fully saturated rings. The number of rotatable bonds is 1. The van der Waals surface area contributed by atoms with Crippen LogP contribution in [0.4, 0.5) is 5.88 Å². The Bertz CT molecular complexity index is 688. The molecule has 0 spiro atoms. The third-order valence-corrected chi connectivity index (χ3v) is 3.91. The molecule has 21 heavy (non-hydrogen) atoms. The summed E-state index contributed by atoms with van der Waals surface area (Å²) in [5.41, 5.74) is 1.22. The van der Waals surface area contributed by atoms with Gasteiger partial charge in [0, 0.05) is 30.3 Å². The van der Waals surface area contributed by atoms with E-state index in [4.69, 9.17) is 9.15 Å². The van der Waals surface area contributed by atoms with Crippen molar-refractivity contribution < 1.29 is 18.7 Å². The van der Waals surface area contributed by atoms with Crippen LogP contribution in [0.15, 0.2) is 34.7 Å². The van der Waals surface area contributed by atoms with Gasteiger partial charge < -0.3 is 14.1 Å². The maximum atomic E-state index is 12.5. The standard InChI is InChI=1S/C16H13NO4/c18-14-10-3-1-2-4-11(10)15(19)16-12(14)9-13(21-16)17-5-7-20-8-6-17/h1-4,9H,5-8H2. The predicted octanol–water partition coefficient (Wildman–Crippen LogP) is 1.89. The van der Waals surface area contributed by atoms with Crippen molar-refractivity contribution in [2.24, 2.45) is 0 Å². The summed E-state index contributed by atoms with van der Waals surface area (Å²) in [6.07, 6.45) is 0. The van der Waals surface area contributed by atoms with Gasteiger partial charge >= 0.3 is 0 Å². The van der Waals surface area contributed by atoms with E-state index >= 15 is 0 Å². The van der Waals surface area contributed by atoms with Crippen molar-refractivity contribution in [3.63, 3.8) is 0 Å². The number of anilines is 1. The zero-order valence-corrected chi connectivity index (χ0v) is 11.3. The summed E-state index contributed by atoms with van der Waals surface area (Å²) in [6, 6.07) is 8.53. The summed E-state index contributed by atoms with van der Waals surface area (Å²) in [7, 11) is 0. The highest BCUT2D eigenvalue weighted by molar-refractivity contribution is 6.27. The molecule has 4 rings (SSSR count). The number of benzene rings is 1. The minimum absolute atomic E-state index is 0.150. The Balaban J connectivity index is 1.79. The number of ether oxygens (including phenoxy) is 1. The minimum atomic E-state index is -0.222. The largest absolute Gasteiger partial charge is 0.436 e. The van der Waals surface area contributed by atoms with E-state index in [1.54, 1.807) is 30.3 Å². The van der Waals surface area contributed by atoms with Gasteiger partial charge in [0.25, 0.3) is 0 Å². The number of hydrogen-bond donors (Lipinski definition) is 0. The van der Waals surface area contributed by atoms with Crippen LogP contribution in [-0.4, -0.2) is 37.9 Å². The van der Waals surface area contributed by atoms with Gasteiger partial charge in [-0.2, -0.15) is 0 Å². The number of hydrogen-bond acceptors (Lipinski definition) is 5. The summed E-state index contributed by atoms with van der Waals surface area (Å²) in [5, 5.41) is 0. The molecule has 1 aromatic carbocycles. The van der Waals surface area contributed by atoms with E-state index in [1.165, 1.54) is 0 Å². The molecule has 5 heteroatoms. The average molecular weight is 283 g/mol. The Morgan fingerprint density at radius 3 is 2.29 bits per heavy atom. The molecule has 1 aromatic heterocycles. The maximum absolute atomic E-state index is 12.5. The fourth-order valence-electron chi connectivity index (χ4n) is 2.80. The molecule has 0 atom stereocenters. The third-order valence-electron chi connectivity index (χ3n) is 3.91. The summed E-state index contributed by atoms with van der Waals surface area (Å²) in [5.74, 6) is 0.348. The number of carbonyl (C=O) groups is 2. The van der Waals surface area contributed by atoms with Crippen molar-refractivity contribution in [2.75, 3.05) is 31.2 Å². The molecule has 0 radical (unpaired) electrons. The van der Waals surface area contributed by atoms with Crippen LogP contribution in [0, 0.1) is 0 Å². The van der Waals surface area contributed by atoms with Gasteiger partial charge in [0.15, 0.2) is 17.4 Å². The fraction of sp³-hybridized carbons (Fsp3) is 0.250. The fourth-order valence-corrected chi connectivity index (χ4v) is 2.80. The minimum Gasteiger partial charge on any atom is -0.436 e. The van der Waals surface area contributed by atoms with Gasteiger partial charge in [-0.3, -0.25) is 9.59 Å². The monoisotopic (exact) mass is 283 g/mol. The molecule has 5 nitrogen and oxygen atoms in total. The lowest BCUT2D eigenvalue weighted by Gasteiger charge is -2.26. The third kappa shape index (κ3) is 1.81. The quantitative estimate of drug-likeness (QED) is 0.682. The Labute approximate surface area is 121 Å². The molecular weight excluding hydrogens is 270 g/mol. The number of fused-ring (bicyclic) bond motifs is 2.